The largest absolute Gasteiger partial charge is 0.335 e. The summed E-state index contributed by atoms with van der Waals surface area (Å²) in [5.74, 6) is -0.415. The van der Waals surface area contributed by atoms with E-state index in [-0.39, 0.29) is 30.2 Å². The van der Waals surface area contributed by atoms with Gasteiger partial charge in [0.05, 0.1) is 12.0 Å². The molecule has 1 aromatic heterocycles. The highest BCUT2D eigenvalue weighted by atomic mass is 32.1. The molecule has 2 aromatic rings. The van der Waals surface area contributed by atoms with Crippen LogP contribution < -0.4 is 5.32 Å². The molecule has 3 heterocycles. The van der Waals surface area contributed by atoms with Gasteiger partial charge in [-0.15, -0.1) is 11.3 Å². The first-order chi connectivity index (χ1) is 14.5. The fraction of sp³-hybridized carbons (Fsp3) is 0.522. The molecule has 2 fully saturated rings. The van der Waals surface area contributed by atoms with Gasteiger partial charge in [-0.2, -0.15) is 0 Å². The van der Waals surface area contributed by atoms with Crippen molar-refractivity contribution in [1.29, 1.82) is 0 Å². The Morgan fingerprint density at radius 3 is 2.87 bits per heavy atom. The quantitative estimate of drug-likeness (QED) is 0.756. The third-order valence-corrected chi connectivity index (χ3v) is 7.26. The first-order valence-electron chi connectivity index (χ1n) is 10.9. The highest BCUT2D eigenvalue weighted by Crippen LogP contribution is 2.30. The molecule has 3 atom stereocenters. The molecule has 0 spiro atoms. The lowest BCUT2D eigenvalue weighted by Gasteiger charge is -2.32. The molecule has 2 saturated heterocycles. The summed E-state index contributed by atoms with van der Waals surface area (Å²) in [4.78, 5) is 35.2. The average Bonchev–Trinajstić information content (AvgIpc) is 3.36. The van der Waals surface area contributed by atoms with Crippen LogP contribution in [0.25, 0.3) is 0 Å². The number of benzene rings is 1. The van der Waals surface area contributed by atoms with Gasteiger partial charge < -0.3 is 10.2 Å². The number of nitrogens with zero attached hydrogens (tertiary/aromatic N) is 3. The zero-order chi connectivity index (χ0) is 21.1. The van der Waals surface area contributed by atoms with Gasteiger partial charge in [0.15, 0.2) is 5.13 Å². The minimum Gasteiger partial charge on any atom is -0.335 e. The molecule has 6 nitrogen and oxygen atoms in total. The third kappa shape index (κ3) is 4.73. The van der Waals surface area contributed by atoms with E-state index in [9.17, 15) is 9.59 Å². The van der Waals surface area contributed by atoms with Crippen molar-refractivity contribution in [3.05, 3.63) is 47.0 Å². The summed E-state index contributed by atoms with van der Waals surface area (Å²) in [6.45, 7) is 6.76. The number of hydrogen-bond donors (Lipinski definition) is 1. The number of nitrogens with one attached hydrogen (secondary N) is 1. The Kier molecular flexibility index (Phi) is 6.49. The summed E-state index contributed by atoms with van der Waals surface area (Å²) in [5, 5.41) is 3.57. The van der Waals surface area contributed by atoms with Crippen LogP contribution in [0.4, 0.5) is 5.13 Å². The number of carbonyl (C=O) groups is 2. The Morgan fingerprint density at radius 1 is 1.30 bits per heavy atom. The van der Waals surface area contributed by atoms with Gasteiger partial charge in [-0.3, -0.25) is 14.5 Å². The lowest BCUT2D eigenvalue weighted by molar-refractivity contribution is -0.129. The minimum absolute atomic E-state index is 0.0328. The molecule has 30 heavy (non-hydrogen) atoms. The van der Waals surface area contributed by atoms with Gasteiger partial charge in [0.2, 0.25) is 11.8 Å². The highest BCUT2D eigenvalue weighted by Gasteiger charge is 2.37. The summed E-state index contributed by atoms with van der Waals surface area (Å²) in [7, 11) is 0. The molecule has 7 heteroatoms. The fourth-order valence-corrected chi connectivity index (χ4v) is 5.27. The van der Waals surface area contributed by atoms with Crippen LogP contribution in [-0.2, 0) is 16.1 Å². The predicted molar refractivity (Wildman–Crippen MR) is 119 cm³/mol. The van der Waals surface area contributed by atoms with Gasteiger partial charge in [0, 0.05) is 36.6 Å². The van der Waals surface area contributed by atoms with Crippen LogP contribution in [0.15, 0.2) is 36.5 Å². The highest BCUT2D eigenvalue weighted by molar-refractivity contribution is 7.15. The summed E-state index contributed by atoms with van der Waals surface area (Å²) >= 11 is 1.54. The van der Waals surface area contributed by atoms with Crippen LogP contribution in [0, 0.1) is 5.92 Å². The first-order valence-corrected chi connectivity index (χ1v) is 11.7. The van der Waals surface area contributed by atoms with E-state index >= 15 is 0 Å². The number of anilines is 1. The molecule has 0 radical (unpaired) electrons. The van der Waals surface area contributed by atoms with Crippen molar-refractivity contribution in [3.8, 4) is 0 Å². The van der Waals surface area contributed by atoms with Crippen LogP contribution in [0.5, 0.6) is 0 Å². The van der Waals surface area contributed by atoms with Crippen LogP contribution in [0.3, 0.4) is 0 Å². The van der Waals surface area contributed by atoms with E-state index in [2.05, 4.69) is 22.1 Å². The van der Waals surface area contributed by atoms with Crippen molar-refractivity contribution >= 4 is 28.3 Å². The Morgan fingerprint density at radius 2 is 2.10 bits per heavy atom. The number of aromatic nitrogens is 1. The van der Waals surface area contributed by atoms with E-state index in [1.165, 1.54) is 35.5 Å². The monoisotopic (exact) mass is 426 g/mol. The van der Waals surface area contributed by atoms with Crippen molar-refractivity contribution in [2.24, 2.45) is 5.92 Å². The number of likely N-dealkylation sites (tertiary alicyclic amines) is 2. The van der Waals surface area contributed by atoms with E-state index in [1.54, 1.807) is 0 Å². The molecule has 4 rings (SSSR count). The van der Waals surface area contributed by atoms with E-state index in [0.717, 1.165) is 18.7 Å². The van der Waals surface area contributed by atoms with E-state index in [0.29, 0.717) is 17.7 Å². The van der Waals surface area contributed by atoms with Gasteiger partial charge in [-0.05, 0) is 38.8 Å². The van der Waals surface area contributed by atoms with Crippen molar-refractivity contribution in [1.82, 2.24) is 14.8 Å². The molecule has 160 valence electrons. The van der Waals surface area contributed by atoms with Crippen LogP contribution >= 0.6 is 11.3 Å². The second-order valence-corrected chi connectivity index (χ2v) is 9.59. The summed E-state index contributed by atoms with van der Waals surface area (Å²) < 4.78 is 0. The van der Waals surface area contributed by atoms with Gasteiger partial charge in [-0.1, -0.05) is 36.8 Å². The van der Waals surface area contributed by atoms with Crippen molar-refractivity contribution in [2.75, 3.05) is 18.4 Å². The molecule has 3 unspecified atom stereocenters. The normalized spacial score (nSPS) is 23.5. The topological polar surface area (TPSA) is 65.5 Å². The third-order valence-electron chi connectivity index (χ3n) is 6.36. The molecule has 1 N–H and O–H groups in total. The maximum Gasteiger partial charge on any atom is 0.231 e. The van der Waals surface area contributed by atoms with Crippen molar-refractivity contribution < 1.29 is 9.59 Å². The van der Waals surface area contributed by atoms with E-state index in [4.69, 9.17) is 0 Å². The van der Waals surface area contributed by atoms with E-state index in [1.807, 2.05) is 48.4 Å². The first kappa shape index (κ1) is 21.0. The Bertz CT molecular complexity index is 884. The molecular weight excluding hydrogens is 396 g/mol. The molecule has 2 aliphatic heterocycles. The van der Waals surface area contributed by atoms with Crippen molar-refractivity contribution in [2.45, 2.75) is 58.2 Å². The van der Waals surface area contributed by atoms with Crippen LogP contribution in [0.2, 0.25) is 0 Å². The second kappa shape index (κ2) is 9.27. The lowest BCUT2D eigenvalue weighted by atomic mass is 10.0. The van der Waals surface area contributed by atoms with Gasteiger partial charge >= 0.3 is 0 Å². The number of rotatable bonds is 6. The van der Waals surface area contributed by atoms with Gasteiger partial charge in [0.1, 0.15) is 0 Å². The number of thiazole rings is 1. The molecule has 2 aliphatic rings. The standard InChI is InChI=1S/C23H30N4O2S/c1-16-8-6-7-11-26(16)15-20-13-24-23(30-20)25-22(29)19-12-21(28)27(14-19)17(2)18-9-4-3-5-10-18/h3-5,9-10,13,16-17,19H,6-8,11-12,14-15H2,1-2H3,(H,24,25,29). The van der Waals surface area contributed by atoms with Gasteiger partial charge in [0.25, 0.3) is 0 Å². The number of hydrogen-bond acceptors (Lipinski definition) is 5. The SMILES string of the molecule is CC1CCCCN1Cc1cnc(NC(=O)C2CC(=O)N(C(C)c3ccccc3)C2)s1. The maximum absolute atomic E-state index is 12.8. The summed E-state index contributed by atoms with van der Waals surface area (Å²) in [6, 6.07) is 10.5. The van der Waals surface area contributed by atoms with Gasteiger partial charge in [-0.25, -0.2) is 4.98 Å². The zero-order valence-corrected chi connectivity index (χ0v) is 18.5. The lowest BCUT2D eigenvalue weighted by Crippen LogP contribution is -2.36. The summed E-state index contributed by atoms with van der Waals surface area (Å²) in [6.07, 6.45) is 5.93. The maximum atomic E-state index is 12.8. The Hall–Kier alpha value is -2.25. The molecule has 0 bridgehead atoms. The average molecular weight is 427 g/mol. The molecular formula is C23H30N4O2S. The number of piperidine rings is 1. The van der Waals surface area contributed by atoms with Crippen molar-refractivity contribution in [3.63, 3.8) is 0 Å². The predicted octanol–water partition coefficient (Wildman–Crippen LogP) is 4.07. The minimum atomic E-state index is -0.335. The molecule has 0 aliphatic carbocycles. The smallest absolute Gasteiger partial charge is 0.231 e. The fourth-order valence-electron chi connectivity index (χ4n) is 4.43. The Labute approximate surface area is 182 Å². The molecule has 1 aromatic carbocycles. The Balaban J connectivity index is 1.33. The summed E-state index contributed by atoms with van der Waals surface area (Å²) in [5.41, 5.74) is 1.09. The number of carbonyl (C=O) groups excluding carboxylic acids is 2. The molecule has 2 amide bonds. The molecule has 0 saturated carbocycles. The second-order valence-electron chi connectivity index (χ2n) is 8.47. The van der Waals surface area contributed by atoms with E-state index < -0.39 is 0 Å². The van der Waals surface area contributed by atoms with Crippen LogP contribution in [0.1, 0.15) is 56.0 Å². The van der Waals surface area contributed by atoms with Crippen LogP contribution in [-0.4, -0.2) is 45.7 Å². The number of amides is 2. The zero-order valence-electron chi connectivity index (χ0n) is 17.7.